The van der Waals surface area contributed by atoms with E-state index in [1.165, 1.54) is 6.92 Å². The van der Waals surface area contributed by atoms with Gasteiger partial charge in [-0.15, -0.1) is 11.3 Å². The summed E-state index contributed by atoms with van der Waals surface area (Å²) in [5, 5.41) is 9.74. The first-order valence-electron chi connectivity index (χ1n) is 13.1. The molecule has 1 fully saturated rings. The largest absolute Gasteiger partial charge is 0.497 e. The SMILES string of the molecule is COc1ccc(Cc2sc(C(C)C)cc2OC2OC(COC(C)=O)C(OC(C)=O)C(OC(C)=O)C2CC(=O)O)cc1. The summed E-state index contributed by atoms with van der Waals surface area (Å²) in [4.78, 5) is 49.5. The maximum Gasteiger partial charge on any atom is 0.304 e. The molecular formula is C29H36O11S. The molecule has 1 aromatic carbocycles. The van der Waals surface area contributed by atoms with Crippen LogP contribution in [0.15, 0.2) is 30.3 Å². The van der Waals surface area contributed by atoms with Crippen molar-refractivity contribution in [2.45, 2.75) is 78.0 Å². The number of esters is 3. The van der Waals surface area contributed by atoms with Crippen LogP contribution in [0.25, 0.3) is 0 Å². The summed E-state index contributed by atoms with van der Waals surface area (Å²) >= 11 is 1.56. The van der Waals surface area contributed by atoms with Crippen LogP contribution in [0.2, 0.25) is 0 Å². The van der Waals surface area contributed by atoms with Crippen LogP contribution in [-0.4, -0.2) is 67.3 Å². The molecule has 224 valence electrons. The molecule has 1 aliphatic rings. The number of hydrogen-bond acceptors (Lipinski definition) is 11. The highest BCUT2D eigenvalue weighted by Crippen LogP contribution is 2.40. The van der Waals surface area contributed by atoms with Crippen LogP contribution in [0, 0.1) is 5.92 Å². The molecule has 0 radical (unpaired) electrons. The minimum absolute atomic E-state index is 0.188. The summed E-state index contributed by atoms with van der Waals surface area (Å²) in [5.74, 6) is -2.90. The summed E-state index contributed by atoms with van der Waals surface area (Å²) in [5.41, 5.74) is 1.000. The standard InChI is InChI=1S/C29H36O11S/c1-15(2)24-13-22(25(41-24)11-19-7-9-20(35-6)10-8-19)39-29-21(12-26(33)34)27(37-17(4)31)28(38-18(5)32)23(40-29)14-36-16(3)30/h7-10,13,15,21,23,27-29H,11-12,14H2,1-6H3,(H,33,34). The van der Waals surface area contributed by atoms with Gasteiger partial charge in [-0.1, -0.05) is 26.0 Å². The van der Waals surface area contributed by atoms with Gasteiger partial charge in [-0.2, -0.15) is 0 Å². The van der Waals surface area contributed by atoms with Gasteiger partial charge in [0.1, 0.15) is 24.2 Å². The predicted molar refractivity (Wildman–Crippen MR) is 147 cm³/mol. The first-order valence-corrected chi connectivity index (χ1v) is 14.0. The molecule has 2 aromatic rings. The predicted octanol–water partition coefficient (Wildman–Crippen LogP) is 4.09. The molecular weight excluding hydrogens is 556 g/mol. The first kappa shape index (κ1) is 31.9. The van der Waals surface area contributed by atoms with Gasteiger partial charge in [0, 0.05) is 32.1 Å². The number of carboxylic acid groups (broad SMARTS) is 1. The molecule has 0 amide bonds. The molecule has 1 aliphatic heterocycles. The Morgan fingerprint density at radius 3 is 2.15 bits per heavy atom. The maximum atomic E-state index is 12.1. The van der Waals surface area contributed by atoms with Gasteiger partial charge in [-0.25, -0.2) is 0 Å². The monoisotopic (exact) mass is 592 g/mol. The van der Waals surface area contributed by atoms with Crippen LogP contribution in [0.1, 0.15) is 62.3 Å². The van der Waals surface area contributed by atoms with Crippen LogP contribution in [0.3, 0.4) is 0 Å². The van der Waals surface area contributed by atoms with Crippen LogP contribution in [0.5, 0.6) is 11.5 Å². The van der Waals surface area contributed by atoms with Gasteiger partial charge >= 0.3 is 23.9 Å². The van der Waals surface area contributed by atoms with E-state index in [1.807, 2.05) is 44.2 Å². The lowest BCUT2D eigenvalue weighted by molar-refractivity contribution is -0.271. The van der Waals surface area contributed by atoms with E-state index < -0.39 is 60.8 Å². The number of ether oxygens (including phenoxy) is 6. The lowest BCUT2D eigenvalue weighted by atomic mass is 9.88. The Morgan fingerprint density at radius 2 is 1.61 bits per heavy atom. The van der Waals surface area contributed by atoms with Crippen molar-refractivity contribution < 1.29 is 52.7 Å². The van der Waals surface area contributed by atoms with Crippen LogP contribution < -0.4 is 9.47 Å². The van der Waals surface area contributed by atoms with Crippen molar-refractivity contribution in [3.63, 3.8) is 0 Å². The van der Waals surface area contributed by atoms with Gasteiger partial charge in [-0.05, 0) is 29.7 Å². The highest BCUT2D eigenvalue weighted by atomic mass is 32.1. The quantitative estimate of drug-likeness (QED) is 0.281. The second-order valence-corrected chi connectivity index (χ2v) is 11.2. The zero-order valence-corrected chi connectivity index (χ0v) is 24.7. The Balaban J connectivity index is 2.03. The Bertz CT molecular complexity index is 1220. The third-order valence-corrected chi connectivity index (χ3v) is 7.78. The number of carbonyl (C=O) groups excluding carboxylic acids is 3. The minimum Gasteiger partial charge on any atom is -0.497 e. The van der Waals surface area contributed by atoms with E-state index in [-0.39, 0.29) is 12.5 Å². The molecule has 41 heavy (non-hydrogen) atoms. The van der Waals surface area contributed by atoms with E-state index in [0.29, 0.717) is 12.2 Å². The second kappa shape index (κ2) is 14.3. The molecule has 2 heterocycles. The number of rotatable bonds is 12. The first-order chi connectivity index (χ1) is 19.4. The van der Waals surface area contributed by atoms with E-state index >= 15 is 0 Å². The molecule has 5 atom stereocenters. The van der Waals surface area contributed by atoms with Gasteiger partial charge in [0.15, 0.2) is 12.2 Å². The normalized spacial score (nSPS) is 22.1. The lowest BCUT2D eigenvalue weighted by Gasteiger charge is -2.44. The molecule has 12 heteroatoms. The lowest BCUT2D eigenvalue weighted by Crippen LogP contribution is -2.60. The third kappa shape index (κ3) is 8.92. The van der Waals surface area contributed by atoms with E-state index in [0.717, 1.165) is 34.9 Å². The summed E-state index contributed by atoms with van der Waals surface area (Å²) in [6.07, 6.45) is -4.84. The summed E-state index contributed by atoms with van der Waals surface area (Å²) < 4.78 is 33.9. The summed E-state index contributed by atoms with van der Waals surface area (Å²) in [7, 11) is 1.59. The number of benzene rings is 1. The van der Waals surface area contributed by atoms with Crippen molar-refractivity contribution in [1.29, 1.82) is 0 Å². The molecule has 5 unspecified atom stereocenters. The van der Waals surface area contributed by atoms with Crippen LogP contribution in [0.4, 0.5) is 0 Å². The number of thiophene rings is 1. The van der Waals surface area contributed by atoms with Crippen LogP contribution in [-0.2, 0) is 44.5 Å². The Labute approximate surface area is 242 Å². The van der Waals surface area contributed by atoms with Crippen molar-refractivity contribution in [3.05, 3.63) is 45.6 Å². The molecule has 3 rings (SSSR count). The molecule has 1 aromatic heterocycles. The number of carbonyl (C=O) groups is 4. The molecule has 0 spiro atoms. The van der Waals surface area contributed by atoms with E-state index in [2.05, 4.69) is 0 Å². The van der Waals surface area contributed by atoms with Gasteiger partial charge in [0.25, 0.3) is 0 Å². The van der Waals surface area contributed by atoms with Crippen LogP contribution >= 0.6 is 11.3 Å². The zero-order chi connectivity index (χ0) is 30.3. The summed E-state index contributed by atoms with van der Waals surface area (Å²) in [6.45, 7) is 7.28. The Hall–Kier alpha value is -3.64. The second-order valence-electron chi connectivity index (χ2n) is 9.99. The molecule has 0 saturated carbocycles. The Kier molecular flexibility index (Phi) is 11.1. The average molecular weight is 593 g/mol. The number of methoxy groups -OCH3 is 1. The molecule has 1 N–H and O–H groups in total. The van der Waals surface area contributed by atoms with Crippen molar-refractivity contribution in [2.75, 3.05) is 13.7 Å². The van der Waals surface area contributed by atoms with Crippen molar-refractivity contribution in [1.82, 2.24) is 0 Å². The molecule has 1 saturated heterocycles. The fourth-order valence-electron chi connectivity index (χ4n) is 4.50. The third-order valence-electron chi connectivity index (χ3n) is 6.36. The molecule has 0 aliphatic carbocycles. The van der Waals surface area contributed by atoms with Gasteiger partial charge in [0.05, 0.1) is 24.3 Å². The van der Waals surface area contributed by atoms with E-state index in [9.17, 15) is 24.3 Å². The van der Waals surface area contributed by atoms with Gasteiger partial charge < -0.3 is 33.5 Å². The van der Waals surface area contributed by atoms with Crippen molar-refractivity contribution >= 4 is 35.2 Å². The maximum absolute atomic E-state index is 12.1. The van der Waals surface area contributed by atoms with Gasteiger partial charge in [-0.3, -0.25) is 19.2 Å². The molecule has 0 bridgehead atoms. The fraction of sp³-hybridized carbons (Fsp3) is 0.517. The highest BCUT2D eigenvalue weighted by Gasteiger charge is 2.52. The Morgan fingerprint density at radius 1 is 0.976 bits per heavy atom. The number of hydrogen-bond donors (Lipinski definition) is 1. The topological polar surface area (TPSA) is 144 Å². The minimum atomic E-state index is -1.25. The fourth-order valence-corrected chi connectivity index (χ4v) is 5.63. The molecule has 11 nitrogen and oxygen atoms in total. The van der Waals surface area contributed by atoms with E-state index in [1.54, 1.807) is 18.4 Å². The van der Waals surface area contributed by atoms with Gasteiger partial charge in [0.2, 0.25) is 6.29 Å². The van der Waals surface area contributed by atoms with Crippen molar-refractivity contribution in [3.8, 4) is 11.5 Å². The number of carboxylic acids is 1. The number of aliphatic carboxylic acids is 1. The summed E-state index contributed by atoms with van der Waals surface area (Å²) in [6, 6.07) is 9.49. The smallest absolute Gasteiger partial charge is 0.304 e. The van der Waals surface area contributed by atoms with E-state index in [4.69, 9.17) is 28.4 Å². The average Bonchev–Trinajstić information content (AvgIpc) is 3.28. The highest BCUT2D eigenvalue weighted by molar-refractivity contribution is 7.12. The zero-order valence-electron chi connectivity index (χ0n) is 23.9. The van der Waals surface area contributed by atoms with Crippen molar-refractivity contribution in [2.24, 2.45) is 5.92 Å².